The average molecular weight is 396 g/mol. The van der Waals surface area contributed by atoms with E-state index in [-0.39, 0.29) is 11.9 Å². The number of rotatable bonds is 4. The molecule has 1 amide bonds. The smallest absolute Gasteiger partial charge is 0.270 e. The third-order valence-corrected chi connectivity index (χ3v) is 5.50. The Hall–Kier alpha value is -1.11. The van der Waals surface area contributed by atoms with Gasteiger partial charge in [-0.2, -0.15) is 0 Å². The summed E-state index contributed by atoms with van der Waals surface area (Å²) in [6.45, 7) is 8.66. The lowest BCUT2D eigenvalue weighted by Gasteiger charge is -2.34. The molecule has 2 aromatic heterocycles. The van der Waals surface area contributed by atoms with Crippen LogP contribution >= 0.6 is 27.3 Å². The molecule has 0 spiro atoms. The Labute approximate surface area is 149 Å². The van der Waals surface area contributed by atoms with Crippen molar-refractivity contribution in [2.75, 3.05) is 26.2 Å². The first kappa shape index (κ1) is 16.7. The monoisotopic (exact) mass is 395 g/mol. The lowest BCUT2D eigenvalue weighted by Crippen LogP contribution is -2.48. The van der Waals surface area contributed by atoms with Crippen molar-refractivity contribution in [2.24, 2.45) is 0 Å². The molecule has 3 heterocycles. The Morgan fingerprint density at radius 3 is 2.65 bits per heavy atom. The molecule has 1 fully saturated rings. The van der Waals surface area contributed by atoms with Gasteiger partial charge in [0.15, 0.2) is 0 Å². The van der Waals surface area contributed by atoms with Crippen molar-refractivity contribution in [2.45, 2.75) is 26.4 Å². The number of amides is 1. The Bertz CT molecular complexity index is 657. The molecule has 6 heteroatoms. The molecule has 0 radical (unpaired) electrons. The number of aromatic nitrogens is 1. The van der Waals surface area contributed by atoms with Crippen LogP contribution in [0.15, 0.2) is 34.2 Å². The van der Waals surface area contributed by atoms with Crippen LogP contribution in [0.5, 0.6) is 0 Å². The van der Waals surface area contributed by atoms with Crippen LogP contribution in [-0.2, 0) is 6.54 Å². The predicted molar refractivity (Wildman–Crippen MR) is 98.0 cm³/mol. The van der Waals surface area contributed by atoms with E-state index < -0.39 is 0 Å². The van der Waals surface area contributed by atoms with Crippen LogP contribution in [0.4, 0.5) is 0 Å². The minimum absolute atomic E-state index is 0.139. The molecule has 124 valence electrons. The minimum Gasteiger partial charge on any atom is -0.340 e. The molecule has 23 heavy (non-hydrogen) atoms. The molecule has 0 N–H and O–H groups in total. The summed E-state index contributed by atoms with van der Waals surface area (Å²) in [6.07, 6.45) is 1.99. The van der Waals surface area contributed by atoms with E-state index in [0.717, 1.165) is 42.9 Å². The lowest BCUT2D eigenvalue weighted by atomic mass is 10.2. The zero-order chi connectivity index (χ0) is 16.4. The van der Waals surface area contributed by atoms with Gasteiger partial charge in [0.25, 0.3) is 5.91 Å². The maximum absolute atomic E-state index is 12.8. The van der Waals surface area contributed by atoms with Crippen LogP contribution in [-0.4, -0.2) is 46.5 Å². The normalized spacial score (nSPS) is 16.3. The first-order valence-electron chi connectivity index (χ1n) is 7.96. The van der Waals surface area contributed by atoms with Crippen LogP contribution < -0.4 is 0 Å². The third-order valence-electron chi connectivity index (χ3n) is 4.21. The molecule has 0 unspecified atom stereocenters. The highest BCUT2D eigenvalue weighted by Crippen LogP contribution is 2.22. The van der Waals surface area contributed by atoms with E-state index in [1.807, 2.05) is 21.7 Å². The van der Waals surface area contributed by atoms with E-state index in [1.54, 1.807) is 11.3 Å². The fourth-order valence-electron chi connectivity index (χ4n) is 2.94. The standard InChI is InChI=1S/C17H22BrN3OS/c1-13(2)21-11-14(18)10-16(21)17(22)20-7-5-19(6-8-20)12-15-4-3-9-23-15/h3-4,9-11,13H,5-8,12H2,1-2H3. The van der Waals surface area contributed by atoms with Crippen LogP contribution in [0.25, 0.3) is 0 Å². The van der Waals surface area contributed by atoms with E-state index in [4.69, 9.17) is 0 Å². The van der Waals surface area contributed by atoms with Crippen LogP contribution in [0.3, 0.4) is 0 Å². The maximum Gasteiger partial charge on any atom is 0.270 e. The molecule has 0 atom stereocenters. The Kier molecular flexibility index (Phi) is 5.24. The zero-order valence-electron chi connectivity index (χ0n) is 13.5. The number of hydrogen-bond donors (Lipinski definition) is 0. The molecular formula is C17H22BrN3OS. The van der Waals surface area contributed by atoms with Gasteiger partial charge < -0.3 is 9.47 Å². The van der Waals surface area contributed by atoms with Crippen molar-refractivity contribution in [3.63, 3.8) is 0 Å². The zero-order valence-corrected chi connectivity index (χ0v) is 15.9. The number of halogens is 1. The van der Waals surface area contributed by atoms with Crippen molar-refractivity contribution in [1.82, 2.24) is 14.4 Å². The summed E-state index contributed by atoms with van der Waals surface area (Å²) in [5.41, 5.74) is 0.776. The fourth-order valence-corrected chi connectivity index (χ4v) is 4.12. The quantitative estimate of drug-likeness (QED) is 0.786. The summed E-state index contributed by atoms with van der Waals surface area (Å²) in [5, 5.41) is 2.12. The molecule has 0 saturated carbocycles. The third kappa shape index (κ3) is 3.87. The molecule has 0 aromatic carbocycles. The van der Waals surface area contributed by atoms with Gasteiger partial charge in [0.2, 0.25) is 0 Å². The van der Waals surface area contributed by atoms with Crippen LogP contribution in [0.1, 0.15) is 35.3 Å². The van der Waals surface area contributed by atoms with Crippen molar-refractivity contribution in [1.29, 1.82) is 0 Å². The topological polar surface area (TPSA) is 28.5 Å². The SMILES string of the molecule is CC(C)n1cc(Br)cc1C(=O)N1CCN(Cc2cccs2)CC1. The van der Waals surface area contributed by atoms with Gasteiger partial charge in [-0.1, -0.05) is 6.07 Å². The van der Waals surface area contributed by atoms with Gasteiger partial charge in [-0.05, 0) is 47.3 Å². The summed E-state index contributed by atoms with van der Waals surface area (Å²) < 4.78 is 3.01. The van der Waals surface area contributed by atoms with Gasteiger partial charge in [0, 0.05) is 54.3 Å². The van der Waals surface area contributed by atoms with Crippen LogP contribution in [0, 0.1) is 0 Å². The molecule has 0 aliphatic carbocycles. The summed E-state index contributed by atoms with van der Waals surface area (Å²) in [5.74, 6) is 0.139. The number of piperazine rings is 1. The number of nitrogens with zero attached hydrogens (tertiary/aromatic N) is 3. The van der Waals surface area contributed by atoms with Gasteiger partial charge in [-0.3, -0.25) is 9.69 Å². The van der Waals surface area contributed by atoms with Gasteiger partial charge >= 0.3 is 0 Å². The molecule has 1 saturated heterocycles. The van der Waals surface area contributed by atoms with Crippen molar-refractivity contribution in [3.8, 4) is 0 Å². The van der Waals surface area contributed by atoms with Crippen molar-refractivity contribution < 1.29 is 4.79 Å². The summed E-state index contributed by atoms with van der Waals surface area (Å²) in [4.78, 5) is 18.6. The molecule has 1 aliphatic heterocycles. The molecule has 3 rings (SSSR count). The molecule has 1 aliphatic rings. The van der Waals surface area contributed by atoms with Gasteiger partial charge in [0.1, 0.15) is 5.69 Å². The Balaban J connectivity index is 1.62. The summed E-state index contributed by atoms with van der Waals surface area (Å²) in [6, 6.07) is 6.48. The average Bonchev–Trinajstić information content (AvgIpc) is 3.17. The number of thiophene rings is 1. The van der Waals surface area contributed by atoms with E-state index in [0.29, 0.717) is 0 Å². The molecule has 0 bridgehead atoms. The van der Waals surface area contributed by atoms with Crippen molar-refractivity contribution in [3.05, 3.63) is 44.8 Å². The lowest BCUT2D eigenvalue weighted by molar-refractivity contribution is 0.0617. The second-order valence-corrected chi connectivity index (χ2v) is 8.14. The fraction of sp³-hybridized carbons (Fsp3) is 0.471. The highest BCUT2D eigenvalue weighted by Gasteiger charge is 2.25. The predicted octanol–water partition coefficient (Wildman–Crippen LogP) is 3.85. The molecule has 2 aromatic rings. The highest BCUT2D eigenvalue weighted by molar-refractivity contribution is 9.10. The maximum atomic E-state index is 12.8. The first-order chi connectivity index (χ1) is 11.0. The Morgan fingerprint density at radius 1 is 1.30 bits per heavy atom. The second kappa shape index (κ2) is 7.20. The first-order valence-corrected chi connectivity index (χ1v) is 9.63. The highest BCUT2D eigenvalue weighted by atomic mass is 79.9. The molecular weight excluding hydrogens is 374 g/mol. The summed E-state index contributed by atoms with van der Waals surface area (Å²) >= 11 is 5.29. The number of carbonyl (C=O) groups excluding carboxylic acids is 1. The van der Waals surface area contributed by atoms with Gasteiger partial charge in [0.05, 0.1) is 0 Å². The van der Waals surface area contributed by atoms with E-state index in [9.17, 15) is 4.79 Å². The molecule has 4 nitrogen and oxygen atoms in total. The van der Waals surface area contributed by atoms with Crippen molar-refractivity contribution >= 4 is 33.2 Å². The second-order valence-electron chi connectivity index (χ2n) is 6.19. The largest absolute Gasteiger partial charge is 0.340 e. The van der Waals surface area contributed by atoms with E-state index >= 15 is 0 Å². The van der Waals surface area contributed by atoms with Crippen LogP contribution in [0.2, 0.25) is 0 Å². The summed E-state index contributed by atoms with van der Waals surface area (Å²) in [7, 11) is 0. The number of hydrogen-bond acceptors (Lipinski definition) is 3. The van der Waals surface area contributed by atoms with Gasteiger partial charge in [-0.25, -0.2) is 0 Å². The van der Waals surface area contributed by atoms with Gasteiger partial charge in [-0.15, -0.1) is 11.3 Å². The van der Waals surface area contributed by atoms with E-state index in [2.05, 4.69) is 52.2 Å². The van der Waals surface area contributed by atoms with E-state index in [1.165, 1.54) is 4.88 Å². The minimum atomic E-state index is 0.139. The Morgan fingerprint density at radius 2 is 2.04 bits per heavy atom. The number of carbonyl (C=O) groups is 1.